The number of carbonyl (C=O) groups excluding carboxylic acids is 1. The van der Waals surface area contributed by atoms with Crippen molar-refractivity contribution >= 4 is 17.6 Å². The Bertz CT molecular complexity index is 1170. The van der Waals surface area contributed by atoms with Gasteiger partial charge in [-0.25, -0.2) is 0 Å². The molecule has 35 heavy (non-hydrogen) atoms. The number of hydrogen-bond donors (Lipinski definition) is 1. The van der Waals surface area contributed by atoms with Crippen molar-refractivity contribution < 1.29 is 32.5 Å². The number of hydrogen-bond acceptors (Lipinski definition) is 6. The zero-order valence-electron chi connectivity index (χ0n) is 19.3. The Hall–Kier alpha value is -3.17. The minimum Gasteiger partial charge on any atom is -0.489 e. The van der Waals surface area contributed by atoms with Crippen molar-refractivity contribution in [3.05, 3.63) is 88.0 Å². The molecule has 3 aromatic rings. The predicted octanol–water partition coefficient (Wildman–Crippen LogP) is 5.29. The second kappa shape index (κ2) is 10.6. The number of benzene rings is 2. The van der Waals surface area contributed by atoms with Crippen molar-refractivity contribution in [2.45, 2.75) is 44.6 Å². The van der Waals surface area contributed by atoms with Crippen LogP contribution >= 0.6 is 11.6 Å². The monoisotopic (exact) mass is 508 g/mol. The summed E-state index contributed by atoms with van der Waals surface area (Å²) in [6.45, 7) is 2.99. The number of halogens is 4. The molecule has 186 valence electrons. The van der Waals surface area contributed by atoms with Gasteiger partial charge in [-0.2, -0.15) is 13.2 Å². The molecule has 0 bridgehead atoms. The van der Waals surface area contributed by atoms with Gasteiger partial charge in [-0.15, -0.1) is 0 Å². The fourth-order valence-electron chi connectivity index (χ4n) is 3.53. The topological polar surface area (TPSA) is 81.5 Å². The lowest BCUT2D eigenvalue weighted by Crippen LogP contribution is -2.47. The van der Waals surface area contributed by atoms with Crippen LogP contribution in [0.2, 0.25) is 5.02 Å². The number of nitrogens with zero attached hydrogens (tertiary/aromatic N) is 2. The third-order valence-electron chi connectivity index (χ3n) is 5.67. The average molecular weight is 509 g/mol. The van der Waals surface area contributed by atoms with Gasteiger partial charge in [0, 0.05) is 17.1 Å². The summed E-state index contributed by atoms with van der Waals surface area (Å²) in [5.74, 6) is -1.48. The number of aromatic nitrogens is 2. The van der Waals surface area contributed by atoms with E-state index in [4.69, 9.17) is 16.3 Å². The molecule has 0 saturated heterocycles. The summed E-state index contributed by atoms with van der Waals surface area (Å²) in [5.41, 5.74) is -1.81. The summed E-state index contributed by atoms with van der Waals surface area (Å²) in [4.78, 5) is 19.0. The van der Waals surface area contributed by atoms with Crippen molar-refractivity contribution in [1.29, 1.82) is 0 Å². The number of aliphatic hydroxyl groups is 1. The standard InChI is InChI=1S/C25H24ClF3N2O4/c1-15-12-31-22(13-30-15)24(33,25(27,28)29)16(2)20-9-8-19(11-21(20)26)35-14-18-6-4-17(5-7-18)10-23(32)34-3/h4-9,11-13,16,33H,10,14H2,1-3H3. The number of ether oxygens (including phenoxy) is 2. The molecular weight excluding hydrogens is 485 g/mol. The Balaban J connectivity index is 1.77. The minimum absolute atomic E-state index is 0.00571. The Morgan fingerprint density at radius 2 is 1.74 bits per heavy atom. The van der Waals surface area contributed by atoms with E-state index in [1.807, 2.05) is 0 Å². The van der Waals surface area contributed by atoms with Crippen LogP contribution in [0.1, 0.15) is 40.9 Å². The third-order valence-corrected chi connectivity index (χ3v) is 6.00. The average Bonchev–Trinajstić information content (AvgIpc) is 2.82. The second-order valence-corrected chi connectivity index (χ2v) is 8.48. The molecule has 0 radical (unpaired) electrons. The molecule has 0 fully saturated rings. The molecule has 6 nitrogen and oxygen atoms in total. The Morgan fingerprint density at radius 1 is 1.09 bits per heavy atom. The van der Waals surface area contributed by atoms with Crippen LogP contribution in [0.4, 0.5) is 13.2 Å². The highest BCUT2D eigenvalue weighted by atomic mass is 35.5. The Labute approximate surface area is 205 Å². The van der Waals surface area contributed by atoms with Crippen LogP contribution in [0.25, 0.3) is 0 Å². The fraction of sp³-hybridized carbons (Fsp3) is 0.320. The summed E-state index contributed by atoms with van der Waals surface area (Å²) in [5, 5.41) is 10.8. The molecule has 2 atom stereocenters. The van der Waals surface area contributed by atoms with E-state index in [1.54, 1.807) is 31.2 Å². The number of rotatable bonds is 8. The molecule has 0 amide bonds. The molecule has 1 heterocycles. The first-order valence-corrected chi connectivity index (χ1v) is 11.0. The van der Waals surface area contributed by atoms with Crippen LogP contribution < -0.4 is 4.74 Å². The zero-order valence-corrected chi connectivity index (χ0v) is 20.0. The van der Waals surface area contributed by atoms with Crippen LogP contribution in [0.5, 0.6) is 5.75 Å². The van der Waals surface area contributed by atoms with Crippen LogP contribution in [-0.2, 0) is 28.2 Å². The largest absolute Gasteiger partial charge is 0.489 e. The van der Waals surface area contributed by atoms with Gasteiger partial charge in [-0.1, -0.05) is 48.9 Å². The molecule has 10 heteroatoms. The maximum Gasteiger partial charge on any atom is 0.423 e. The van der Waals surface area contributed by atoms with Crippen LogP contribution in [0, 0.1) is 6.92 Å². The van der Waals surface area contributed by atoms with Gasteiger partial charge < -0.3 is 14.6 Å². The summed E-state index contributed by atoms with van der Waals surface area (Å²) in [6, 6.07) is 11.4. The van der Waals surface area contributed by atoms with Gasteiger partial charge in [0.2, 0.25) is 5.60 Å². The number of esters is 1. The van der Waals surface area contributed by atoms with E-state index in [9.17, 15) is 23.1 Å². The predicted molar refractivity (Wildman–Crippen MR) is 123 cm³/mol. The van der Waals surface area contributed by atoms with E-state index in [2.05, 4.69) is 14.7 Å². The minimum atomic E-state index is -5.03. The van der Waals surface area contributed by atoms with Crippen molar-refractivity contribution in [2.75, 3.05) is 7.11 Å². The van der Waals surface area contributed by atoms with Crippen LogP contribution in [0.3, 0.4) is 0 Å². The molecule has 2 aromatic carbocycles. The maximum absolute atomic E-state index is 14.1. The number of aryl methyl sites for hydroxylation is 1. The van der Waals surface area contributed by atoms with Gasteiger partial charge in [-0.05, 0) is 35.7 Å². The van der Waals surface area contributed by atoms with E-state index in [1.165, 1.54) is 38.4 Å². The Morgan fingerprint density at radius 3 is 2.29 bits per heavy atom. The first-order valence-electron chi connectivity index (χ1n) is 10.6. The van der Waals surface area contributed by atoms with Gasteiger partial charge >= 0.3 is 12.1 Å². The van der Waals surface area contributed by atoms with Gasteiger partial charge in [0.25, 0.3) is 0 Å². The zero-order chi connectivity index (χ0) is 25.8. The summed E-state index contributed by atoms with van der Waals surface area (Å²) < 4.78 is 52.5. The van der Waals surface area contributed by atoms with Crippen molar-refractivity contribution in [2.24, 2.45) is 0 Å². The SMILES string of the molecule is COC(=O)Cc1ccc(COc2ccc(C(C)C(O)(c3cnc(C)cn3)C(F)(F)F)c(Cl)c2)cc1. The van der Waals surface area contributed by atoms with E-state index >= 15 is 0 Å². The molecular formula is C25H24ClF3N2O4. The van der Waals surface area contributed by atoms with Gasteiger partial charge in [0.05, 0.1) is 25.4 Å². The first kappa shape index (κ1) is 26.4. The van der Waals surface area contributed by atoms with Gasteiger partial charge in [0.1, 0.15) is 18.1 Å². The maximum atomic E-state index is 14.1. The molecule has 0 saturated carbocycles. The van der Waals surface area contributed by atoms with Gasteiger partial charge in [-0.3, -0.25) is 14.8 Å². The molecule has 0 spiro atoms. The smallest absolute Gasteiger partial charge is 0.423 e. The van der Waals surface area contributed by atoms with E-state index in [0.29, 0.717) is 11.4 Å². The summed E-state index contributed by atoms with van der Waals surface area (Å²) in [6.07, 6.45) is -2.79. The van der Waals surface area contributed by atoms with Crippen molar-refractivity contribution in [3.8, 4) is 5.75 Å². The number of alkyl halides is 3. The van der Waals surface area contributed by atoms with Crippen LogP contribution in [-0.4, -0.2) is 34.3 Å². The highest BCUT2D eigenvalue weighted by molar-refractivity contribution is 6.31. The molecule has 1 N–H and O–H groups in total. The molecule has 0 aliphatic rings. The fourth-order valence-corrected chi connectivity index (χ4v) is 3.87. The number of methoxy groups -OCH3 is 1. The third kappa shape index (κ3) is 5.91. The second-order valence-electron chi connectivity index (χ2n) is 8.07. The summed E-state index contributed by atoms with van der Waals surface area (Å²) >= 11 is 6.32. The molecule has 2 unspecified atom stereocenters. The molecule has 0 aliphatic heterocycles. The van der Waals surface area contributed by atoms with Crippen LogP contribution in [0.15, 0.2) is 54.9 Å². The highest BCUT2D eigenvalue weighted by Gasteiger charge is 2.60. The number of carbonyl (C=O) groups is 1. The van der Waals surface area contributed by atoms with Crippen molar-refractivity contribution in [1.82, 2.24) is 9.97 Å². The molecule has 3 rings (SSSR count). The lowest BCUT2D eigenvalue weighted by atomic mass is 9.80. The first-order chi connectivity index (χ1) is 16.5. The van der Waals surface area contributed by atoms with Crippen molar-refractivity contribution in [3.63, 3.8) is 0 Å². The lowest BCUT2D eigenvalue weighted by molar-refractivity contribution is -0.276. The Kier molecular flexibility index (Phi) is 8.02. The summed E-state index contributed by atoms with van der Waals surface area (Å²) in [7, 11) is 1.32. The van der Waals surface area contributed by atoms with E-state index < -0.39 is 23.4 Å². The quantitative estimate of drug-likeness (QED) is 0.417. The van der Waals surface area contributed by atoms with E-state index in [0.717, 1.165) is 17.3 Å². The van der Waals surface area contributed by atoms with E-state index in [-0.39, 0.29) is 29.6 Å². The lowest BCUT2D eigenvalue weighted by Gasteiger charge is -2.35. The normalized spacial score (nSPS) is 14.2. The molecule has 1 aromatic heterocycles. The molecule has 0 aliphatic carbocycles. The highest BCUT2D eigenvalue weighted by Crippen LogP contribution is 2.49. The van der Waals surface area contributed by atoms with Gasteiger partial charge in [0.15, 0.2) is 0 Å².